The first-order valence-corrected chi connectivity index (χ1v) is 31.2. The van der Waals surface area contributed by atoms with Gasteiger partial charge in [0.25, 0.3) is 0 Å². The first-order chi connectivity index (χ1) is 42.6. The molecule has 0 aliphatic heterocycles. The van der Waals surface area contributed by atoms with E-state index in [2.05, 4.69) is 311 Å². The molecule has 0 N–H and O–H groups in total. The van der Waals surface area contributed by atoms with E-state index in [0.717, 1.165) is 56.9 Å². The van der Waals surface area contributed by atoms with Gasteiger partial charge in [-0.15, -0.1) is 0 Å². The molecule has 416 valence electrons. The second-order valence-corrected chi connectivity index (χ2v) is 24.3. The van der Waals surface area contributed by atoms with E-state index in [-0.39, 0.29) is 10.8 Å². The van der Waals surface area contributed by atoms with Gasteiger partial charge in [0.05, 0.1) is 0 Å². The Hall–Kier alpha value is -9.90. The van der Waals surface area contributed by atoms with E-state index in [1.807, 2.05) is 0 Å². The Morgan fingerprint density at radius 2 is 0.430 bits per heavy atom. The van der Waals surface area contributed by atoms with Crippen molar-refractivity contribution < 1.29 is 0 Å². The van der Waals surface area contributed by atoms with Crippen LogP contribution >= 0.6 is 0 Å². The van der Waals surface area contributed by atoms with Crippen LogP contribution in [0.5, 0.6) is 0 Å². The Morgan fingerprint density at radius 1 is 0.186 bits per heavy atom. The monoisotopic (exact) mass is 1110 g/mol. The molecule has 12 aromatic rings. The summed E-state index contributed by atoms with van der Waals surface area (Å²) in [7, 11) is 0. The van der Waals surface area contributed by atoms with Crippen molar-refractivity contribution in [3.05, 3.63) is 313 Å². The summed E-state index contributed by atoms with van der Waals surface area (Å²) in [6.45, 7) is 0. The van der Waals surface area contributed by atoms with E-state index >= 15 is 0 Å². The van der Waals surface area contributed by atoms with E-state index < -0.39 is 0 Å². The average molecular weight is 1110 g/mol. The van der Waals surface area contributed by atoms with E-state index in [9.17, 15) is 0 Å². The molecule has 0 saturated heterocycles. The Bertz CT molecular complexity index is 4050. The van der Waals surface area contributed by atoms with E-state index in [0.29, 0.717) is 0 Å². The highest BCUT2D eigenvalue weighted by molar-refractivity contribution is 5.95. The van der Waals surface area contributed by atoms with Crippen molar-refractivity contribution in [3.63, 3.8) is 0 Å². The summed E-state index contributed by atoms with van der Waals surface area (Å²) in [5.41, 5.74) is 25.1. The standard InChI is InChI=1S/C82H68N4/c1-7-23-61(24-8-1)83(62-25-9-2-10-26-62)65-39-43-67(44-40-65)85(71-47-49-75-73-31-15-17-33-77(73)81(79(75)57-71)51-19-5-20-52-81)69-37-35-60-56-70(38-36-59(60)55-69)86(68-45-41-66(42-46-68)84(63-27-11-3-12-28-63)64-29-13-4-14-30-64)72-48-50-76-74-32-16-18-34-78(74)82(80(76)58-72)53-21-6-22-54-82/h1-4,7-18,23-50,55-58H,5-6,19-22,51-54H2. The summed E-state index contributed by atoms with van der Waals surface area (Å²) < 4.78 is 0. The van der Waals surface area contributed by atoms with Crippen molar-refractivity contribution >= 4 is 79.0 Å². The maximum Gasteiger partial charge on any atom is 0.0468 e. The van der Waals surface area contributed by atoms with Crippen molar-refractivity contribution in [2.45, 2.75) is 75.0 Å². The van der Waals surface area contributed by atoms with Crippen LogP contribution in [0, 0.1) is 0 Å². The molecule has 0 atom stereocenters. The molecule has 0 amide bonds. The van der Waals surface area contributed by atoms with Gasteiger partial charge in [-0.05, 0) is 227 Å². The second kappa shape index (κ2) is 21.6. The summed E-state index contributed by atoms with van der Waals surface area (Å²) in [5, 5.41) is 2.37. The molecule has 2 saturated carbocycles. The van der Waals surface area contributed by atoms with Crippen molar-refractivity contribution in [2.75, 3.05) is 19.6 Å². The fourth-order valence-corrected chi connectivity index (χ4v) is 15.7. The average Bonchev–Trinajstić information content (AvgIpc) is 2.26. The van der Waals surface area contributed by atoms with Crippen molar-refractivity contribution in [2.24, 2.45) is 0 Å². The minimum absolute atomic E-state index is 0.0243. The Labute approximate surface area is 506 Å². The van der Waals surface area contributed by atoms with Gasteiger partial charge in [0, 0.05) is 79.1 Å². The highest BCUT2D eigenvalue weighted by Gasteiger charge is 2.45. The van der Waals surface area contributed by atoms with Crippen molar-refractivity contribution in [3.8, 4) is 22.3 Å². The Morgan fingerprint density at radius 3 is 0.767 bits per heavy atom. The molecule has 4 aliphatic carbocycles. The molecule has 4 aliphatic rings. The lowest BCUT2D eigenvalue weighted by molar-refractivity contribution is 0.353. The predicted octanol–water partition coefficient (Wildman–Crippen LogP) is 23.2. The van der Waals surface area contributed by atoms with Crippen LogP contribution in [-0.2, 0) is 10.8 Å². The number of rotatable bonds is 12. The molecule has 2 fully saturated rings. The normalized spacial score (nSPS) is 14.9. The molecule has 0 unspecified atom stereocenters. The molecule has 12 aromatic carbocycles. The highest BCUT2D eigenvalue weighted by atomic mass is 15.2. The number of nitrogens with zero attached hydrogens (tertiary/aromatic N) is 4. The third-order valence-electron chi connectivity index (χ3n) is 19.5. The summed E-state index contributed by atoms with van der Waals surface area (Å²) >= 11 is 0. The van der Waals surface area contributed by atoms with E-state index in [1.54, 1.807) is 0 Å². The zero-order chi connectivity index (χ0) is 57.0. The van der Waals surface area contributed by atoms with Gasteiger partial charge in [0.2, 0.25) is 0 Å². The van der Waals surface area contributed by atoms with Crippen molar-refractivity contribution in [1.29, 1.82) is 0 Å². The van der Waals surface area contributed by atoms with E-state index in [4.69, 9.17) is 0 Å². The zero-order valence-corrected chi connectivity index (χ0v) is 48.6. The van der Waals surface area contributed by atoms with Crippen LogP contribution in [0.15, 0.2) is 291 Å². The number of para-hydroxylation sites is 4. The number of fused-ring (bicyclic) bond motifs is 11. The topological polar surface area (TPSA) is 13.0 Å². The lowest BCUT2D eigenvalue weighted by Gasteiger charge is -2.36. The third kappa shape index (κ3) is 8.80. The summed E-state index contributed by atoms with van der Waals surface area (Å²) in [5.74, 6) is 0. The third-order valence-corrected chi connectivity index (χ3v) is 19.5. The Kier molecular flexibility index (Phi) is 13.0. The second-order valence-electron chi connectivity index (χ2n) is 24.3. The number of hydrogen-bond donors (Lipinski definition) is 0. The summed E-state index contributed by atoms with van der Waals surface area (Å²) in [6, 6.07) is 109. The van der Waals surface area contributed by atoms with Gasteiger partial charge in [-0.3, -0.25) is 0 Å². The number of hydrogen-bond acceptors (Lipinski definition) is 4. The molecule has 4 nitrogen and oxygen atoms in total. The SMILES string of the molecule is c1ccc(N(c2ccccc2)c2ccc(N(c3ccc4c(c3)C3(CCCCC3)c3ccccc3-4)c3ccc4cc(N(c5ccc(N(c6ccccc6)c6ccccc6)cc5)c5ccc6c(c5)C5(CCCCC5)c5ccccc5-6)ccc4c3)cc2)cc1. The van der Waals surface area contributed by atoms with Gasteiger partial charge in [0.15, 0.2) is 0 Å². The molecule has 16 rings (SSSR count). The first kappa shape index (κ1) is 51.7. The zero-order valence-electron chi connectivity index (χ0n) is 48.6. The van der Waals surface area contributed by atoms with Gasteiger partial charge in [-0.25, -0.2) is 0 Å². The smallest absolute Gasteiger partial charge is 0.0468 e. The molecule has 0 radical (unpaired) electrons. The molecule has 0 bridgehead atoms. The van der Waals surface area contributed by atoms with Gasteiger partial charge >= 0.3 is 0 Å². The van der Waals surface area contributed by atoms with Gasteiger partial charge in [-0.1, -0.05) is 184 Å². The minimum Gasteiger partial charge on any atom is -0.311 e. The summed E-state index contributed by atoms with van der Waals surface area (Å²) in [6.07, 6.45) is 12.3. The fourth-order valence-electron chi connectivity index (χ4n) is 15.7. The lowest BCUT2D eigenvalue weighted by atomic mass is 9.68. The van der Waals surface area contributed by atoms with Crippen LogP contribution in [0.3, 0.4) is 0 Å². The highest BCUT2D eigenvalue weighted by Crippen LogP contribution is 2.59. The van der Waals surface area contributed by atoms with Gasteiger partial charge in [-0.2, -0.15) is 0 Å². The van der Waals surface area contributed by atoms with Crippen LogP contribution in [0.2, 0.25) is 0 Å². The largest absolute Gasteiger partial charge is 0.311 e. The molecule has 86 heavy (non-hydrogen) atoms. The minimum atomic E-state index is 0.0243. The fraction of sp³-hybridized carbons (Fsp3) is 0.146. The predicted molar refractivity (Wildman–Crippen MR) is 361 cm³/mol. The maximum absolute atomic E-state index is 2.55. The van der Waals surface area contributed by atoms with Crippen LogP contribution in [-0.4, -0.2) is 0 Å². The molecular formula is C82H68N4. The Balaban J connectivity index is 0.824. The van der Waals surface area contributed by atoms with Crippen LogP contribution < -0.4 is 19.6 Å². The maximum atomic E-state index is 2.55. The van der Waals surface area contributed by atoms with E-state index in [1.165, 1.54) is 131 Å². The number of benzene rings is 12. The summed E-state index contributed by atoms with van der Waals surface area (Å²) in [4.78, 5) is 9.69. The van der Waals surface area contributed by atoms with Gasteiger partial charge < -0.3 is 19.6 Å². The molecular weight excluding hydrogens is 1040 g/mol. The number of anilines is 12. The quantitative estimate of drug-likeness (QED) is 0.121. The molecule has 0 heterocycles. The van der Waals surface area contributed by atoms with Crippen molar-refractivity contribution in [1.82, 2.24) is 0 Å². The van der Waals surface area contributed by atoms with Crippen LogP contribution in [0.25, 0.3) is 33.0 Å². The molecule has 2 spiro atoms. The van der Waals surface area contributed by atoms with Crippen LogP contribution in [0.1, 0.15) is 86.5 Å². The molecule has 0 aromatic heterocycles. The van der Waals surface area contributed by atoms with Crippen LogP contribution in [0.4, 0.5) is 68.2 Å². The molecule has 4 heteroatoms. The van der Waals surface area contributed by atoms with Gasteiger partial charge in [0.1, 0.15) is 0 Å². The first-order valence-electron chi connectivity index (χ1n) is 31.2. The lowest BCUT2D eigenvalue weighted by Crippen LogP contribution is -2.28.